The Morgan fingerprint density at radius 2 is 1.90 bits per heavy atom. The molecule has 39 heavy (non-hydrogen) atoms. The van der Waals surface area contributed by atoms with E-state index in [1.165, 1.54) is 7.11 Å². The summed E-state index contributed by atoms with van der Waals surface area (Å²) in [5.41, 5.74) is 1.91. The van der Waals surface area contributed by atoms with Crippen LogP contribution in [-0.2, 0) is 9.53 Å². The summed E-state index contributed by atoms with van der Waals surface area (Å²) in [6, 6.07) is 11.0. The summed E-state index contributed by atoms with van der Waals surface area (Å²) in [6.45, 7) is 6.25. The van der Waals surface area contributed by atoms with E-state index in [4.69, 9.17) is 18.9 Å². The van der Waals surface area contributed by atoms with Crippen molar-refractivity contribution in [3.63, 3.8) is 0 Å². The number of nitrogens with zero attached hydrogens (tertiary/aromatic N) is 3. The van der Waals surface area contributed by atoms with Gasteiger partial charge in [-0.3, -0.25) is 23.9 Å². The van der Waals surface area contributed by atoms with Crippen molar-refractivity contribution in [2.75, 3.05) is 53.6 Å². The normalized spacial score (nSPS) is 15.3. The zero-order chi connectivity index (χ0) is 27.1. The van der Waals surface area contributed by atoms with Crippen LogP contribution in [0.2, 0.25) is 0 Å². The molecule has 1 N–H and O–H groups in total. The molecule has 5 aromatic rings. The Hall–Kier alpha value is -4.15. The zero-order valence-corrected chi connectivity index (χ0v) is 22.2. The molecule has 0 radical (unpaired) electrons. The van der Waals surface area contributed by atoms with Crippen molar-refractivity contribution in [2.45, 2.75) is 13.0 Å². The first-order valence-corrected chi connectivity index (χ1v) is 13.0. The molecule has 10 nitrogen and oxygen atoms in total. The third kappa shape index (κ3) is 4.25. The third-order valence-electron chi connectivity index (χ3n) is 7.38. The molecule has 0 saturated carbocycles. The van der Waals surface area contributed by atoms with E-state index in [0.717, 1.165) is 54.7 Å². The molecule has 2 aromatic carbocycles. The van der Waals surface area contributed by atoms with Crippen molar-refractivity contribution in [3.05, 3.63) is 52.9 Å². The number of benzene rings is 2. The van der Waals surface area contributed by atoms with Gasteiger partial charge in [0.2, 0.25) is 0 Å². The number of carbonyl (C=O) groups is 1. The highest BCUT2D eigenvalue weighted by Crippen LogP contribution is 2.39. The van der Waals surface area contributed by atoms with Gasteiger partial charge in [-0.25, -0.2) is 0 Å². The second-order valence-electron chi connectivity index (χ2n) is 9.60. The monoisotopic (exact) mass is 530 g/mol. The molecule has 202 valence electrons. The maximum Gasteiger partial charge on any atom is 0.267 e. The number of rotatable bonds is 8. The Bertz CT molecular complexity index is 1740. The molecule has 1 aliphatic heterocycles. The van der Waals surface area contributed by atoms with Gasteiger partial charge >= 0.3 is 0 Å². The number of fused-ring (bicyclic) bond motifs is 5. The first-order chi connectivity index (χ1) is 19.0. The van der Waals surface area contributed by atoms with Crippen LogP contribution in [0.5, 0.6) is 17.2 Å². The summed E-state index contributed by atoms with van der Waals surface area (Å²) < 4.78 is 24.1. The molecule has 0 bridgehead atoms. The fourth-order valence-corrected chi connectivity index (χ4v) is 5.44. The number of carbonyl (C=O) groups excluding carboxylic acids is 1. The van der Waals surface area contributed by atoms with Crippen LogP contribution in [0.1, 0.15) is 6.92 Å². The summed E-state index contributed by atoms with van der Waals surface area (Å²) in [4.78, 5) is 33.5. The number of methoxy groups -OCH3 is 2. The van der Waals surface area contributed by atoms with Gasteiger partial charge in [0, 0.05) is 48.5 Å². The van der Waals surface area contributed by atoms with Gasteiger partial charge in [0.1, 0.15) is 5.75 Å². The Kier molecular flexibility index (Phi) is 6.58. The minimum atomic E-state index is -0.684. The second-order valence-corrected chi connectivity index (χ2v) is 9.60. The molecule has 0 spiro atoms. The SMILES string of the molecule is COc1ccc2c(c1OC)c(=O)n1c3ccc(O[C@@H](C)C(=O)NCCN4CCOCC4)cc3c3ccnc2c31. The van der Waals surface area contributed by atoms with E-state index in [1.807, 2.05) is 24.3 Å². The van der Waals surface area contributed by atoms with Gasteiger partial charge in [-0.1, -0.05) is 0 Å². The smallest absolute Gasteiger partial charge is 0.267 e. The van der Waals surface area contributed by atoms with Crippen molar-refractivity contribution in [2.24, 2.45) is 0 Å². The molecule has 1 atom stereocenters. The van der Waals surface area contributed by atoms with E-state index in [0.29, 0.717) is 40.1 Å². The highest BCUT2D eigenvalue weighted by atomic mass is 16.5. The summed E-state index contributed by atoms with van der Waals surface area (Å²) >= 11 is 0. The molecule has 4 heterocycles. The highest BCUT2D eigenvalue weighted by Gasteiger charge is 2.23. The van der Waals surface area contributed by atoms with Crippen LogP contribution in [0.25, 0.3) is 38.1 Å². The number of nitrogens with one attached hydrogen (secondary N) is 1. The van der Waals surface area contributed by atoms with Crippen LogP contribution in [0.4, 0.5) is 0 Å². The maximum atomic E-state index is 13.9. The lowest BCUT2D eigenvalue weighted by atomic mass is 10.1. The van der Waals surface area contributed by atoms with Gasteiger partial charge in [0.05, 0.1) is 49.4 Å². The van der Waals surface area contributed by atoms with Crippen molar-refractivity contribution in [3.8, 4) is 17.2 Å². The lowest BCUT2D eigenvalue weighted by molar-refractivity contribution is -0.127. The standard InChI is InChI=1S/C29H30N4O6/c1-17(28(34)31-10-11-32-12-14-38-15-13-32)39-18-4-6-22-21(16-18)19-8-9-30-25-20-5-7-23(36-2)27(37-3)24(20)29(35)33(22)26(19)25/h4-9,16-17H,10-15H2,1-3H3,(H,31,34)/t17-/m0/s1. The van der Waals surface area contributed by atoms with Crippen LogP contribution in [0, 0.1) is 0 Å². The maximum absolute atomic E-state index is 13.9. The van der Waals surface area contributed by atoms with Crippen LogP contribution in [0.3, 0.4) is 0 Å². The van der Waals surface area contributed by atoms with E-state index in [2.05, 4.69) is 15.2 Å². The minimum Gasteiger partial charge on any atom is -0.493 e. The zero-order valence-electron chi connectivity index (χ0n) is 22.2. The molecular formula is C29H30N4O6. The van der Waals surface area contributed by atoms with Crippen LogP contribution in [0.15, 0.2) is 47.4 Å². The predicted octanol–water partition coefficient (Wildman–Crippen LogP) is 2.82. The fraction of sp³-hybridized carbons (Fsp3) is 0.345. The second kappa shape index (κ2) is 10.2. The van der Waals surface area contributed by atoms with Gasteiger partial charge in [-0.05, 0) is 43.3 Å². The van der Waals surface area contributed by atoms with E-state index in [-0.39, 0.29) is 11.5 Å². The van der Waals surface area contributed by atoms with Crippen LogP contribution >= 0.6 is 0 Å². The number of hydrogen-bond acceptors (Lipinski definition) is 8. The molecule has 1 amide bonds. The summed E-state index contributed by atoms with van der Waals surface area (Å²) in [6.07, 6.45) is 1.05. The number of aromatic nitrogens is 2. The van der Waals surface area contributed by atoms with Gasteiger partial charge in [-0.15, -0.1) is 0 Å². The molecular weight excluding hydrogens is 500 g/mol. The first-order valence-electron chi connectivity index (χ1n) is 13.0. The average molecular weight is 531 g/mol. The lowest BCUT2D eigenvalue weighted by Gasteiger charge is -2.26. The number of hydrogen-bond donors (Lipinski definition) is 1. The van der Waals surface area contributed by atoms with E-state index < -0.39 is 6.10 Å². The Morgan fingerprint density at radius 3 is 2.67 bits per heavy atom. The molecule has 0 aliphatic carbocycles. The highest BCUT2D eigenvalue weighted by molar-refractivity contribution is 6.19. The molecule has 1 fully saturated rings. The van der Waals surface area contributed by atoms with Crippen molar-refractivity contribution < 1.29 is 23.7 Å². The lowest BCUT2D eigenvalue weighted by Crippen LogP contribution is -2.43. The Labute approximate surface area is 224 Å². The molecule has 1 aliphatic rings. The Morgan fingerprint density at radius 1 is 1.08 bits per heavy atom. The minimum absolute atomic E-state index is 0.179. The summed E-state index contributed by atoms with van der Waals surface area (Å²) in [5, 5.41) is 5.76. The largest absolute Gasteiger partial charge is 0.493 e. The van der Waals surface area contributed by atoms with E-state index in [9.17, 15) is 9.59 Å². The van der Waals surface area contributed by atoms with Gasteiger partial charge < -0.3 is 24.3 Å². The molecule has 1 saturated heterocycles. The number of ether oxygens (including phenoxy) is 4. The van der Waals surface area contributed by atoms with Crippen LogP contribution in [-0.4, -0.2) is 79.9 Å². The summed E-state index contributed by atoms with van der Waals surface area (Å²) in [7, 11) is 3.06. The van der Waals surface area contributed by atoms with E-state index in [1.54, 1.807) is 36.8 Å². The van der Waals surface area contributed by atoms with Crippen molar-refractivity contribution in [1.82, 2.24) is 19.6 Å². The first kappa shape index (κ1) is 25.1. The number of amides is 1. The number of pyridine rings is 2. The van der Waals surface area contributed by atoms with Gasteiger partial charge in [0.25, 0.3) is 11.5 Å². The molecule has 6 rings (SSSR count). The van der Waals surface area contributed by atoms with E-state index >= 15 is 0 Å². The van der Waals surface area contributed by atoms with Gasteiger partial charge in [0.15, 0.2) is 17.6 Å². The average Bonchev–Trinajstić information content (AvgIpc) is 3.30. The topological polar surface area (TPSA) is 104 Å². The van der Waals surface area contributed by atoms with Gasteiger partial charge in [-0.2, -0.15) is 0 Å². The third-order valence-corrected chi connectivity index (χ3v) is 7.38. The van der Waals surface area contributed by atoms with Crippen LogP contribution < -0.4 is 25.1 Å². The molecule has 3 aromatic heterocycles. The summed E-state index contributed by atoms with van der Waals surface area (Å²) in [5.74, 6) is 1.21. The molecule has 0 unspecified atom stereocenters. The van der Waals surface area contributed by atoms with Crippen molar-refractivity contribution >= 4 is 44.0 Å². The Balaban J connectivity index is 1.34. The quantitative estimate of drug-likeness (QED) is 0.306. The fourth-order valence-electron chi connectivity index (χ4n) is 5.44. The predicted molar refractivity (Wildman–Crippen MR) is 149 cm³/mol. The molecule has 10 heteroatoms. The number of morpholine rings is 1. The van der Waals surface area contributed by atoms with Crippen molar-refractivity contribution in [1.29, 1.82) is 0 Å².